The Morgan fingerprint density at radius 2 is 2.02 bits per heavy atom. The van der Waals surface area contributed by atoms with Gasteiger partial charge in [-0.1, -0.05) is 23.7 Å². The quantitative estimate of drug-likeness (QED) is 0.449. The molecule has 2 aromatic rings. The van der Waals surface area contributed by atoms with Gasteiger partial charge in [-0.15, -0.1) is 0 Å². The van der Waals surface area contributed by atoms with Crippen LogP contribution in [0.15, 0.2) is 35.5 Å². The smallest absolute Gasteiger partial charge is 0.271 e. The number of carbonyl (C=O) groups is 3. The fourth-order valence-corrected chi connectivity index (χ4v) is 6.71. The van der Waals surface area contributed by atoms with E-state index in [4.69, 9.17) is 11.6 Å². The van der Waals surface area contributed by atoms with Crippen molar-refractivity contribution in [1.82, 2.24) is 20.5 Å². The lowest BCUT2D eigenvalue weighted by Gasteiger charge is -2.53. The minimum atomic E-state index is -4.27. The third kappa shape index (κ3) is 5.32. The number of fused-ring (bicyclic) bond motifs is 4. The van der Waals surface area contributed by atoms with Gasteiger partial charge in [-0.2, -0.15) is 4.39 Å². The highest BCUT2D eigenvalue weighted by Gasteiger charge is 2.60. The minimum Gasteiger partial charge on any atom is -0.356 e. The Labute approximate surface area is 233 Å². The minimum absolute atomic E-state index is 0.0126. The Kier molecular flexibility index (Phi) is 7.40. The van der Waals surface area contributed by atoms with E-state index in [0.717, 1.165) is 4.90 Å². The first-order valence-corrected chi connectivity index (χ1v) is 15.2. The number of aromatic nitrogens is 1. The molecular weight excluding hydrogens is 573 g/mol. The summed E-state index contributed by atoms with van der Waals surface area (Å²) in [6.45, 7) is 0.359. The summed E-state index contributed by atoms with van der Waals surface area (Å²) in [5.41, 5.74) is 0.552. The number of para-hydroxylation sites is 1. The largest absolute Gasteiger partial charge is 0.356 e. The second-order valence-corrected chi connectivity index (χ2v) is 13.1. The molecule has 40 heavy (non-hydrogen) atoms. The first kappa shape index (κ1) is 28.5. The predicted octanol–water partition coefficient (Wildman–Crippen LogP) is 3.32. The van der Waals surface area contributed by atoms with Gasteiger partial charge < -0.3 is 20.5 Å². The Morgan fingerprint density at radius 1 is 1.27 bits per heavy atom. The molecule has 4 fully saturated rings. The molecule has 3 aliphatic heterocycles. The number of rotatable bonds is 7. The van der Waals surface area contributed by atoms with Gasteiger partial charge in [-0.05, 0) is 43.9 Å². The molecule has 3 saturated heterocycles. The van der Waals surface area contributed by atoms with Crippen LogP contribution in [0.1, 0.15) is 42.6 Å². The average molecular weight is 601 g/mol. The van der Waals surface area contributed by atoms with Crippen molar-refractivity contribution in [2.75, 3.05) is 12.8 Å². The van der Waals surface area contributed by atoms with Gasteiger partial charge in [0.1, 0.15) is 11.7 Å². The predicted molar refractivity (Wildman–Crippen MR) is 141 cm³/mol. The van der Waals surface area contributed by atoms with Gasteiger partial charge in [0.05, 0.1) is 22.5 Å². The third-order valence-electron chi connectivity index (χ3n) is 7.99. The van der Waals surface area contributed by atoms with E-state index in [1.807, 2.05) is 0 Å². The van der Waals surface area contributed by atoms with E-state index in [9.17, 15) is 27.2 Å². The molecular formula is C26H28ClF3N4O5S. The summed E-state index contributed by atoms with van der Waals surface area (Å²) in [6.07, 6.45) is 1.19. The number of alkyl halides is 2. The van der Waals surface area contributed by atoms with Crippen molar-refractivity contribution in [3.8, 4) is 0 Å². The Hall–Kier alpha value is -3.06. The number of aromatic amines is 1. The molecule has 0 unspecified atom stereocenters. The molecule has 3 amide bonds. The van der Waals surface area contributed by atoms with Crippen LogP contribution >= 0.6 is 11.6 Å². The number of halogens is 4. The maximum atomic E-state index is 15.1. The zero-order chi connectivity index (χ0) is 29.0. The molecule has 0 radical (unpaired) electrons. The number of sulfone groups is 1. The van der Waals surface area contributed by atoms with Crippen LogP contribution in [0.5, 0.6) is 0 Å². The Balaban J connectivity index is 1.48. The monoisotopic (exact) mass is 600 g/mol. The molecule has 3 N–H and O–H groups in total. The molecule has 4 aliphatic rings. The second kappa shape index (κ2) is 10.4. The first-order valence-electron chi connectivity index (χ1n) is 12.9. The van der Waals surface area contributed by atoms with Gasteiger partial charge in [-0.25, -0.2) is 17.2 Å². The summed E-state index contributed by atoms with van der Waals surface area (Å²) in [5, 5.41) is 4.55. The number of H-pyrrole nitrogens is 1. The maximum absolute atomic E-state index is 15.1. The molecule has 4 heterocycles. The van der Waals surface area contributed by atoms with Crippen molar-refractivity contribution in [2.24, 2.45) is 11.8 Å². The number of benzene rings is 1. The summed E-state index contributed by atoms with van der Waals surface area (Å²) >= 11 is 6.22. The van der Waals surface area contributed by atoms with Crippen molar-refractivity contribution in [3.63, 3.8) is 0 Å². The fraction of sp³-hybridized carbons (Fsp3) is 0.500. The van der Waals surface area contributed by atoms with Crippen molar-refractivity contribution >= 4 is 50.1 Å². The molecule has 216 valence electrons. The Morgan fingerprint density at radius 3 is 2.65 bits per heavy atom. The van der Waals surface area contributed by atoms with Gasteiger partial charge >= 0.3 is 0 Å². The highest BCUT2D eigenvalue weighted by molar-refractivity contribution is 7.94. The lowest BCUT2D eigenvalue weighted by molar-refractivity contribution is -0.179. The fourth-order valence-electron chi connectivity index (χ4n) is 6.07. The summed E-state index contributed by atoms with van der Waals surface area (Å²) in [7, 11) is -4.27. The van der Waals surface area contributed by atoms with Crippen LogP contribution in [0.25, 0.3) is 10.9 Å². The number of nitrogens with zero attached hydrogens (tertiary/aromatic N) is 1. The van der Waals surface area contributed by atoms with Gasteiger partial charge in [0.2, 0.25) is 26.8 Å². The van der Waals surface area contributed by atoms with Crippen LogP contribution in [0, 0.1) is 11.8 Å². The van der Waals surface area contributed by atoms with Crippen LogP contribution in [-0.4, -0.2) is 72.9 Å². The molecule has 1 saturated carbocycles. The molecule has 2 bridgehead atoms. The zero-order valence-electron chi connectivity index (χ0n) is 21.4. The summed E-state index contributed by atoms with van der Waals surface area (Å²) in [6, 6.07) is 2.74. The van der Waals surface area contributed by atoms with Crippen molar-refractivity contribution in [1.29, 1.82) is 0 Å². The van der Waals surface area contributed by atoms with E-state index in [2.05, 4.69) is 15.6 Å². The van der Waals surface area contributed by atoms with Gasteiger partial charge in [0.25, 0.3) is 11.8 Å². The highest BCUT2D eigenvalue weighted by Crippen LogP contribution is 2.49. The van der Waals surface area contributed by atoms with Crippen LogP contribution in [0.2, 0.25) is 5.02 Å². The van der Waals surface area contributed by atoms with Crippen LogP contribution in [0.4, 0.5) is 13.2 Å². The lowest BCUT2D eigenvalue weighted by atomic mass is 9.71. The number of nitrogens with one attached hydrogen (secondary N) is 3. The van der Waals surface area contributed by atoms with E-state index in [0.29, 0.717) is 41.2 Å². The van der Waals surface area contributed by atoms with Crippen molar-refractivity contribution < 1.29 is 36.0 Å². The van der Waals surface area contributed by atoms with E-state index in [-0.39, 0.29) is 30.9 Å². The SMILES string of the molecule is CS(=O)(=O)/C(F)=C\[C@@H](C[C@@H]1CCNC1=O)NC(=O)[C@H]1[C@H]2CC[C@H](CC2(F)F)N1C(=O)c1cc2cccc(Cl)c2[nH]1. The number of hydrogen-bond acceptors (Lipinski definition) is 5. The number of amides is 3. The molecule has 14 heteroatoms. The molecule has 5 atom stereocenters. The van der Waals surface area contributed by atoms with Gasteiger partial charge in [0, 0.05) is 36.6 Å². The van der Waals surface area contributed by atoms with E-state index >= 15 is 8.78 Å². The number of piperidine rings is 2. The van der Waals surface area contributed by atoms with E-state index < -0.39 is 69.1 Å². The van der Waals surface area contributed by atoms with Crippen LogP contribution < -0.4 is 10.6 Å². The highest BCUT2D eigenvalue weighted by atomic mass is 35.5. The zero-order valence-corrected chi connectivity index (χ0v) is 23.0. The van der Waals surface area contributed by atoms with Crippen LogP contribution in [-0.2, 0) is 19.4 Å². The summed E-state index contributed by atoms with van der Waals surface area (Å²) in [5.74, 6) is -7.37. The van der Waals surface area contributed by atoms with E-state index in [1.54, 1.807) is 18.2 Å². The van der Waals surface area contributed by atoms with Crippen molar-refractivity contribution in [2.45, 2.75) is 56.2 Å². The summed E-state index contributed by atoms with van der Waals surface area (Å²) < 4.78 is 68.2. The van der Waals surface area contributed by atoms with Crippen molar-refractivity contribution in [3.05, 3.63) is 46.2 Å². The maximum Gasteiger partial charge on any atom is 0.271 e. The molecule has 1 aromatic carbocycles. The topological polar surface area (TPSA) is 128 Å². The lowest BCUT2D eigenvalue weighted by Crippen LogP contribution is -2.68. The molecule has 1 aromatic heterocycles. The Bertz CT molecular complexity index is 1510. The first-order chi connectivity index (χ1) is 18.8. The molecule has 1 aliphatic carbocycles. The second-order valence-electron chi connectivity index (χ2n) is 10.7. The van der Waals surface area contributed by atoms with Gasteiger partial charge in [-0.3, -0.25) is 14.4 Å². The van der Waals surface area contributed by atoms with E-state index in [1.165, 1.54) is 6.07 Å². The van der Waals surface area contributed by atoms with Crippen LogP contribution in [0.3, 0.4) is 0 Å². The average Bonchev–Trinajstić information content (AvgIpc) is 3.49. The molecule has 0 spiro atoms. The number of hydrogen-bond donors (Lipinski definition) is 3. The van der Waals surface area contributed by atoms with Gasteiger partial charge in [0.15, 0.2) is 0 Å². The third-order valence-corrected chi connectivity index (χ3v) is 9.15. The number of carbonyl (C=O) groups excluding carboxylic acids is 3. The normalized spacial score (nSPS) is 27.1. The molecule has 9 nitrogen and oxygen atoms in total. The molecule has 6 rings (SSSR count). The summed E-state index contributed by atoms with van der Waals surface area (Å²) in [4.78, 5) is 43.6. The standard InChI is InChI=1S/C26H28ClF3N4O5S/c1-40(38,39)20(28)11-15(9-14-7-8-31-23(14)35)32-24(36)22-17-6-5-16(12-26(17,29)30)34(22)25(37)19-10-13-3-2-4-18(27)21(13)33-19/h2-4,10-11,14-17,22,33H,5-9,12H2,1H3,(H,31,35)(H,32,36)/b20-11-/t14-,15+,16+,17+,22+/m0/s1.